The van der Waals surface area contributed by atoms with E-state index in [0.29, 0.717) is 12.1 Å². The minimum absolute atomic E-state index is 0.513. The zero-order valence-corrected chi connectivity index (χ0v) is 12.0. The number of ether oxygens (including phenoxy) is 1. The van der Waals surface area contributed by atoms with E-state index >= 15 is 0 Å². The van der Waals surface area contributed by atoms with Gasteiger partial charge < -0.3 is 10.1 Å². The maximum atomic E-state index is 5.89. The van der Waals surface area contributed by atoms with E-state index in [4.69, 9.17) is 4.74 Å². The molecule has 1 fully saturated rings. The van der Waals surface area contributed by atoms with E-state index in [-0.39, 0.29) is 0 Å². The molecular weight excluding hydrogens is 210 g/mol. The molecule has 0 aromatic rings. The van der Waals surface area contributed by atoms with Crippen LogP contribution in [0.25, 0.3) is 0 Å². The normalized spacial score (nSPS) is 22.9. The van der Waals surface area contributed by atoms with Gasteiger partial charge in [0.2, 0.25) is 0 Å². The molecule has 0 bridgehead atoms. The van der Waals surface area contributed by atoms with Gasteiger partial charge in [-0.05, 0) is 44.6 Å². The first-order valence-electron chi connectivity index (χ1n) is 7.66. The lowest BCUT2D eigenvalue weighted by molar-refractivity contribution is 0.000764. The molecule has 0 radical (unpaired) electrons. The molecule has 17 heavy (non-hydrogen) atoms. The molecule has 1 aliphatic heterocycles. The third kappa shape index (κ3) is 5.39. The van der Waals surface area contributed by atoms with Gasteiger partial charge in [0, 0.05) is 12.6 Å². The van der Waals surface area contributed by atoms with Crippen LogP contribution < -0.4 is 5.32 Å². The molecule has 2 unspecified atom stereocenters. The van der Waals surface area contributed by atoms with Gasteiger partial charge in [-0.25, -0.2) is 0 Å². The van der Waals surface area contributed by atoms with Crippen LogP contribution in [0, 0.1) is 5.92 Å². The minimum atomic E-state index is 0.513. The Hall–Kier alpha value is -0.0800. The minimum Gasteiger partial charge on any atom is -0.378 e. The van der Waals surface area contributed by atoms with E-state index in [9.17, 15) is 0 Å². The monoisotopic (exact) mass is 241 g/mol. The molecule has 2 atom stereocenters. The standard InChI is InChI=1S/C15H31NO/c1-4-10-16-15(13(5-2)6-3)12-14-9-7-8-11-17-14/h13-16H,4-12H2,1-3H3. The second-order valence-electron chi connectivity index (χ2n) is 5.36. The quantitative estimate of drug-likeness (QED) is 0.699. The summed E-state index contributed by atoms with van der Waals surface area (Å²) in [6.45, 7) is 9.00. The molecule has 2 heteroatoms. The van der Waals surface area contributed by atoms with Gasteiger partial charge in [-0.2, -0.15) is 0 Å². The third-order valence-electron chi connectivity index (χ3n) is 4.07. The first-order chi connectivity index (χ1) is 8.31. The largest absolute Gasteiger partial charge is 0.378 e. The molecule has 1 saturated heterocycles. The SMILES string of the molecule is CCCNC(CC1CCCCO1)C(CC)CC. The second kappa shape index (κ2) is 8.93. The highest BCUT2D eigenvalue weighted by molar-refractivity contribution is 4.79. The number of rotatable bonds is 8. The van der Waals surface area contributed by atoms with Crippen LogP contribution in [0.5, 0.6) is 0 Å². The van der Waals surface area contributed by atoms with Crippen LogP contribution in [0.2, 0.25) is 0 Å². The van der Waals surface area contributed by atoms with E-state index in [1.165, 1.54) is 44.9 Å². The van der Waals surface area contributed by atoms with E-state index in [1.54, 1.807) is 0 Å². The Morgan fingerprint density at radius 1 is 1.18 bits per heavy atom. The lowest BCUT2D eigenvalue weighted by Crippen LogP contribution is -2.40. The fraction of sp³-hybridized carbons (Fsp3) is 1.00. The summed E-state index contributed by atoms with van der Waals surface area (Å²) in [5, 5.41) is 3.74. The molecule has 102 valence electrons. The van der Waals surface area contributed by atoms with Crippen molar-refractivity contribution < 1.29 is 4.74 Å². The smallest absolute Gasteiger partial charge is 0.0590 e. The van der Waals surface area contributed by atoms with Crippen molar-refractivity contribution in [2.24, 2.45) is 5.92 Å². The molecule has 1 rings (SSSR count). The summed E-state index contributed by atoms with van der Waals surface area (Å²) in [6, 6.07) is 0.660. The topological polar surface area (TPSA) is 21.3 Å². The molecule has 0 spiro atoms. The van der Waals surface area contributed by atoms with Crippen molar-refractivity contribution in [3.8, 4) is 0 Å². The fourth-order valence-corrected chi connectivity index (χ4v) is 2.91. The van der Waals surface area contributed by atoms with Gasteiger partial charge in [0.05, 0.1) is 6.10 Å². The average molecular weight is 241 g/mol. The summed E-state index contributed by atoms with van der Waals surface area (Å²) in [7, 11) is 0. The van der Waals surface area contributed by atoms with Crippen LogP contribution in [0.4, 0.5) is 0 Å². The third-order valence-corrected chi connectivity index (χ3v) is 4.07. The van der Waals surface area contributed by atoms with E-state index in [0.717, 1.165) is 19.1 Å². The van der Waals surface area contributed by atoms with Crippen molar-refractivity contribution in [2.75, 3.05) is 13.2 Å². The summed E-state index contributed by atoms with van der Waals surface area (Å²) in [6.07, 6.45) is 9.40. The summed E-state index contributed by atoms with van der Waals surface area (Å²) in [4.78, 5) is 0. The predicted octanol–water partition coefficient (Wildman–Crippen LogP) is 3.75. The lowest BCUT2D eigenvalue weighted by atomic mass is 9.88. The second-order valence-corrected chi connectivity index (χ2v) is 5.36. The van der Waals surface area contributed by atoms with Gasteiger partial charge in [-0.3, -0.25) is 0 Å². The molecule has 0 aromatic carbocycles. The predicted molar refractivity (Wildman–Crippen MR) is 74.4 cm³/mol. The van der Waals surface area contributed by atoms with Crippen LogP contribution in [-0.4, -0.2) is 25.3 Å². The Balaban J connectivity index is 2.42. The maximum absolute atomic E-state index is 5.89. The fourth-order valence-electron chi connectivity index (χ4n) is 2.91. The average Bonchev–Trinajstić information content (AvgIpc) is 2.38. The summed E-state index contributed by atoms with van der Waals surface area (Å²) >= 11 is 0. The summed E-state index contributed by atoms with van der Waals surface area (Å²) in [5.41, 5.74) is 0. The van der Waals surface area contributed by atoms with Crippen LogP contribution in [0.15, 0.2) is 0 Å². The van der Waals surface area contributed by atoms with Crippen molar-refractivity contribution in [1.29, 1.82) is 0 Å². The van der Waals surface area contributed by atoms with Gasteiger partial charge in [0.1, 0.15) is 0 Å². The zero-order valence-electron chi connectivity index (χ0n) is 12.0. The van der Waals surface area contributed by atoms with Crippen LogP contribution in [-0.2, 0) is 4.74 Å². The van der Waals surface area contributed by atoms with E-state index < -0.39 is 0 Å². The van der Waals surface area contributed by atoms with Gasteiger partial charge >= 0.3 is 0 Å². The van der Waals surface area contributed by atoms with Crippen molar-refractivity contribution in [3.05, 3.63) is 0 Å². The van der Waals surface area contributed by atoms with Crippen molar-refractivity contribution >= 4 is 0 Å². The highest BCUT2D eigenvalue weighted by Gasteiger charge is 2.23. The van der Waals surface area contributed by atoms with Crippen molar-refractivity contribution in [2.45, 2.75) is 77.9 Å². The van der Waals surface area contributed by atoms with Crippen LogP contribution in [0.3, 0.4) is 0 Å². The number of hydrogen-bond donors (Lipinski definition) is 1. The summed E-state index contributed by atoms with van der Waals surface area (Å²) < 4.78 is 5.89. The van der Waals surface area contributed by atoms with E-state index in [2.05, 4.69) is 26.1 Å². The van der Waals surface area contributed by atoms with Gasteiger partial charge in [-0.15, -0.1) is 0 Å². The van der Waals surface area contributed by atoms with Gasteiger partial charge in [-0.1, -0.05) is 33.6 Å². The molecule has 2 nitrogen and oxygen atoms in total. The van der Waals surface area contributed by atoms with Crippen molar-refractivity contribution in [3.63, 3.8) is 0 Å². The molecule has 0 amide bonds. The Kier molecular flexibility index (Phi) is 7.87. The zero-order chi connectivity index (χ0) is 12.5. The molecule has 0 aromatic heterocycles. The lowest BCUT2D eigenvalue weighted by Gasteiger charge is -2.32. The molecule has 0 saturated carbocycles. The van der Waals surface area contributed by atoms with Crippen LogP contribution >= 0.6 is 0 Å². The van der Waals surface area contributed by atoms with E-state index in [1.807, 2.05) is 0 Å². The highest BCUT2D eigenvalue weighted by Crippen LogP contribution is 2.23. The number of hydrogen-bond acceptors (Lipinski definition) is 2. The maximum Gasteiger partial charge on any atom is 0.0590 e. The molecule has 1 aliphatic rings. The van der Waals surface area contributed by atoms with Gasteiger partial charge in [0.25, 0.3) is 0 Å². The Morgan fingerprint density at radius 2 is 1.94 bits per heavy atom. The van der Waals surface area contributed by atoms with Crippen LogP contribution in [0.1, 0.15) is 65.7 Å². The Labute approximate surface area is 108 Å². The molecule has 0 aliphatic carbocycles. The van der Waals surface area contributed by atoms with Crippen molar-refractivity contribution in [1.82, 2.24) is 5.32 Å². The molecule has 1 N–H and O–H groups in total. The number of nitrogens with one attached hydrogen (secondary N) is 1. The summed E-state index contributed by atoms with van der Waals surface area (Å²) in [5.74, 6) is 0.812. The first kappa shape index (κ1) is 15.0. The Morgan fingerprint density at radius 3 is 2.47 bits per heavy atom. The molecule has 1 heterocycles. The molecular formula is C15H31NO. The first-order valence-corrected chi connectivity index (χ1v) is 7.66. The highest BCUT2D eigenvalue weighted by atomic mass is 16.5. The Bertz CT molecular complexity index is 174. The van der Waals surface area contributed by atoms with Gasteiger partial charge in [0.15, 0.2) is 0 Å².